The summed E-state index contributed by atoms with van der Waals surface area (Å²) in [5, 5.41) is 5.03. The van der Waals surface area contributed by atoms with Crippen molar-refractivity contribution in [2.45, 2.75) is 6.04 Å². The smallest absolute Gasteiger partial charge is 0.258 e. The first-order valence-corrected chi connectivity index (χ1v) is 9.67. The lowest BCUT2D eigenvalue weighted by atomic mass is 10.0. The summed E-state index contributed by atoms with van der Waals surface area (Å²) in [6, 6.07) is 13.2. The molecule has 148 valence electrons. The van der Waals surface area contributed by atoms with Crippen molar-refractivity contribution >= 4 is 40.0 Å². The molecule has 0 saturated carbocycles. The average molecular weight is 420 g/mol. The standard InChI is InChI=1S/C21H23Cl2N3O2/c1-25(2)19(16-12-26(3)18-7-5-4-6-15(16)18)11-24-21(27)13-28-20-9-8-14(22)10-17(20)23/h4-10,12,19H,11,13H2,1-3H3,(H,24,27). The molecule has 3 aromatic rings. The van der Waals surface area contributed by atoms with E-state index in [1.165, 1.54) is 10.9 Å². The van der Waals surface area contributed by atoms with E-state index in [1.807, 2.05) is 33.3 Å². The molecule has 28 heavy (non-hydrogen) atoms. The van der Waals surface area contributed by atoms with Crippen molar-refractivity contribution in [1.29, 1.82) is 0 Å². The van der Waals surface area contributed by atoms with Gasteiger partial charge >= 0.3 is 0 Å². The Morgan fingerprint density at radius 3 is 2.68 bits per heavy atom. The Morgan fingerprint density at radius 1 is 1.21 bits per heavy atom. The van der Waals surface area contributed by atoms with Crippen molar-refractivity contribution in [2.75, 3.05) is 27.2 Å². The Balaban J connectivity index is 1.65. The highest BCUT2D eigenvalue weighted by Gasteiger charge is 2.20. The third-order valence-electron chi connectivity index (χ3n) is 4.66. The molecule has 0 saturated heterocycles. The molecule has 0 fully saturated rings. The predicted octanol–water partition coefficient (Wildman–Crippen LogP) is 4.28. The molecule has 1 aromatic heterocycles. The maximum absolute atomic E-state index is 12.3. The maximum Gasteiger partial charge on any atom is 0.258 e. The van der Waals surface area contributed by atoms with E-state index >= 15 is 0 Å². The number of benzene rings is 2. The molecule has 1 unspecified atom stereocenters. The number of aryl methyl sites for hydroxylation is 1. The van der Waals surface area contributed by atoms with Crippen molar-refractivity contribution in [3.05, 3.63) is 64.3 Å². The zero-order valence-electron chi connectivity index (χ0n) is 16.1. The number of para-hydroxylation sites is 1. The Labute approximate surface area is 174 Å². The monoisotopic (exact) mass is 419 g/mol. The number of rotatable bonds is 7. The number of carbonyl (C=O) groups excluding carboxylic acids is 1. The highest BCUT2D eigenvalue weighted by Crippen LogP contribution is 2.29. The average Bonchev–Trinajstić information content (AvgIpc) is 2.98. The van der Waals surface area contributed by atoms with Crippen LogP contribution in [0.2, 0.25) is 10.0 Å². The van der Waals surface area contributed by atoms with Gasteiger partial charge in [0, 0.05) is 35.7 Å². The van der Waals surface area contributed by atoms with Crippen molar-refractivity contribution in [1.82, 2.24) is 14.8 Å². The molecular formula is C21H23Cl2N3O2. The van der Waals surface area contributed by atoms with E-state index in [4.69, 9.17) is 27.9 Å². The normalized spacial score (nSPS) is 12.4. The number of aromatic nitrogens is 1. The summed E-state index contributed by atoms with van der Waals surface area (Å²) in [6.45, 7) is 0.356. The lowest BCUT2D eigenvalue weighted by Gasteiger charge is -2.24. The van der Waals surface area contributed by atoms with E-state index in [0.29, 0.717) is 22.3 Å². The van der Waals surface area contributed by atoms with Crippen LogP contribution < -0.4 is 10.1 Å². The first kappa shape index (κ1) is 20.5. The van der Waals surface area contributed by atoms with Crippen LogP contribution in [0, 0.1) is 0 Å². The minimum absolute atomic E-state index is 0.0363. The first-order chi connectivity index (χ1) is 13.4. The molecule has 5 nitrogen and oxygen atoms in total. The van der Waals surface area contributed by atoms with Gasteiger partial charge in [0.2, 0.25) is 0 Å². The van der Waals surface area contributed by atoms with Crippen LogP contribution in [0.1, 0.15) is 11.6 Å². The van der Waals surface area contributed by atoms with Crippen molar-refractivity contribution < 1.29 is 9.53 Å². The quantitative estimate of drug-likeness (QED) is 0.621. The summed E-state index contributed by atoms with van der Waals surface area (Å²) < 4.78 is 7.61. The number of ether oxygens (including phenoxy) is 1. The molecule has 0 aliphatic heterocycles. The number of nitrogens with zero attached hydrogens (tertiary/aromatic N) is 2. The van der Waals surface area contributed by atoms with Crippen LogP contribution in [0.5, 0.6) is 5.75 Å². The number of hydrogen-bond acceptors (Lipinski definition) is 3. The lowest BCUT2D eigenvalue weighted by Crippen LogP contribution is -2.36. The zero-order chi connectivity index (χ0) is 20.3. The van der Waals surface area contributed by atoms with E-state index in [9.17, 15) is 4.79 Å². The number of fused-ring (bicyclic) bond motifs is 1. The topological polar surface area (TPSA) is 46.5 Å². The van der Waals surface area contributed by atoms with E-state index in [0.717, 1.165) is 5.52 Å². The Kier molecular flexibility index (Phi) is 6.50. The minimum atomic E-state index is -0.210. The van der Waals surface area contributed by atoms with Gasteiger partial charge in [-0.15, -0.1) is 0 Å². The fraction of sp³-hybridized carbons (Fsp3) is 0.286. The van der Waals surface area contributed by atoms with Gasteiger partial charge in [-0.1, -0.05) is 41.4 Å². The number of amides is 1. The van der Waals surface area contributed by atoms with Crippen molar-refractivity contribution in [3.8, 4) is 5.75 Å². The molecule has 0 spiro atoms. The van der Waals surface area contributed by atoms with Crippen LogP contribution in [0.3, 0.4) is 0 Å². The van der Waals surface area contributed by atoms with Crippen LogP contribution >= 0.6 is 23.2 Å². The van der Waals surface area contributed by atoms with Crippen LogP contribution in [-0.4, -0.2) is 42.6 Å². The number of hydrogen-bond donors (Lipinski definition) is 1. The van der Waals surface area contributed by atoms with Gasteiger partial charge < -0.3 is 19.5 Å². The van der Waals surface area contributed by atoms with Crippen LogP contribution in [-0.2, 0) is 11.8 Å². The molecule has 1 atom stereocenters. The van der Waals surface area contributed by atoms with Gasteiger partial charge in [-0.2, -0.15) is 0 Å². The Hall–Kier alpha value is -2.21. The summed E-state index contributed by atoms with van der Waals surface area (Å²) >= 11 is 11.9. The van der Waals surface area contributed by atoms with Crippen molar-refractivity contribution in [3.63, 3.8) is 0 Å². The zero-order valence-corrected chi connectivity index (χ0v) is 17.6. The SMILES string of the molecule is CN(C)C(CNC(=O)COc1ccc(Cl)cc1Cl)c1cn(C)c2ccccc12. The number of carbonyl (C=O) groups is 1. The molecule has 0 bridgehead atoms. The second kappa shape index (κ2) is 8.86. The largest absolute Gasteiger partial charge is 0.482 e. The van der Waals surface area contributed by atoms with Crippen molar-refractivity contribution in [2.24, 2.45) is 7.05 Å². The molecule has 0 radical (unpaired) electrons. The minimum Gasteiger partial charge on any atom is -0.482 e. The molecule has 2 aromatic carbocycles. The van der Waals surface area contributed by atoms with Gasteiger partial charge in [0.15, 0.2) is 6.61 Å². The summed E-state index contributed by atoms with van der Waals surface area (Å²) in [5.41, 5.74) is 2.33. The third kappa shape index (κ3) is 4.61. The molecule has 7 heteroatoms. The highest BCUT2D eigenvalue weighted by atomic mass is 35.5. The molecule has 0 aliphatic carbocycles. The molecular weight excluding hydrogens is 397 g/mol. The summed E-state index contributed by atoms with van der Waals surface area (Å²) in [4.78, 5) is 14.4. The second-order valence-electron chi connectivity index (χ2n) is 6.86. The highest BCUT2D eigenvalue weighted by molar-refractivity contribution is 6.35. The second-order valence-corrected chi connectivity index (χ2v) is 7.70. The number of halogens is 2. The molecule has 1 amide bonds. The Bertz CT molecular complexity index is 985. The maximum atomic E-state index is 12.3. The third-order valence-corrected chi connectivity index (χ3v) is 5.19. The van der Waals surface area contributed by atoms with Gasteiger partial charge in [-0.3, -0.25) is 4.79 Å². The molecule has 0 aliphatic rings. The fourth-order valence-corrected chi connectivity index (χ4v) is 3.67. The summed E-state index contributed by atoms with van der Waals surface area (Å²) in [6.07, 6.45) is 2.12. The van der Waals surface area contributed by atoms with Crippen LogP contribution in [0.25, 0.3) is 10.9 Å². The first-order valence-electron chi connectivity index (χ1n) is 8.91. The summed E-state index contributed by atoms with van der Waals surface area (Å²) in [7, 11) is 6.03. The van der Waals surface area contributed by atoms with Crippen LogP contribution in [0.4, 0.5) is 0 Å². The number of likely N-dealkylation sites (N-methyl/N-ethyl adjacent to an activating group) is 1. The van der Waals surface area contributed by atoms with E-state index in [2.05, 4.69) is 33.1 Å². The number of nitrogens with one attached hydrogen (secondary N) is 1. The predicted molar refractivity (Wildman–Crippen MR) is 114 cm³/mol. The van der Waals surface area contributed by atoms with E-state index < -0.39 is 0 Å². The lowest BCUT2D eigenvalue weighted by molar-refractivity contribution is -0.123. The molecule has 1 N–H and O–H groups in total. The molecule has 3 rings (SSSR count). The summed E-state index contributed by atoms with van der Waals surface area (Å²) in [5.74, 6) is 0.220. The van der Waals surface area contributed by atoms with Gasteiger partial charge in [0.05, 0.1) is 11.1 Å². The Morgan fingerprint density at radius 2 is 1.96 bits per heavy atom. The fourth-order valence-electron chi connectivity index (χ4n) is 3.21. The van der Waals surface area contributed by atoms with E-state index in [-0.39, 0.29) is 18.6 Å². The van der Waals surface area contributed by atoms with E-state index in [1.54, 1.807) is 18.2 Å². The van der Waals surface area contributed by atoms with Gasteiger partial charge in [-0.25, -0.2) is 0 Å². The van der Waals surface area contributed by atoms with Gasteiger partial charge in [-0.05, 0) is 43.9 Å². The van der Waals surface area contributed by atoms with Gasteiger partial charge in [0.1, 0.15) is 5.75 Å². The van der Waals surface area contributed by atoms with Crippen LogP contribution in [0.15, 0.2) is 48.7 Å². The van der Waals surface area contributed by atoms with Gasteiger partial charge in [0.25, 0.3) is 5.91 Å². The molecule has 1 heterocycles.